The minimum atomic E-state index is -4.80. The van der Waals surface area contributed by atoms with E-state index in [4.69, 9.17) is 4.74 Å². The average Bonchev–Trinajstić information content (AvgIpc) is 3.16. The molecule has 7 nitrogen and oxygen atoms in total. The molecule has 158 valence electrons. The summed E-state index contributed by atoms with van der Waals surface area (Å²) in [6.45, 7) is 1.37. The van der Waals surface area contributed by atoms with Crippen molar-refractivity contribution >= 4 is 27.3 Å². The molecule has 1 aliphatic heterocycles. The highest BCUT2D eigenvalue weighted by molar-refractivity contribution is 7.91. The number of halogens is 3. The minimum Gasteiger partial charge on any atom is -0.406 e. The molecule has 0 unspecified atom stereocenters. The SMILES string of the molecule is O=C(NCc1ccc(S(=O)(=O)N2CCOCC2)s1)c1ccc(OC(F)(F)F)cc1. The van der Waals surface area contributed by atoms with Crippen LogP contribution in [0.3, 0.4) is 0 Å². The molecule has 3 rings (SSSR count). The van der Waals surface area contributed by atoms with Gasteiger partial charge in [0.15, 0.2) is 0 Å². The summed E-state index contributed by atoms with van der Waals surface area (Å²) in [4.78, 5) is 12.8. The van der Waals surface area contributed by atoms with Crippen molar-refractivity contribution in [3.8, 4) is 5.75 Å². The number of morpholine rings is 1. The third-order valence-corrected chi connectivity index (χ3v) is 7.43. The van der Waals surface area contributed by atoms with E-state index in [0.29, 0.717) is 31.2 Å². The second kappa shape index (κ2) is 8.69. The van der Waals surface area contributed by atoms with Crippen LogP contribution >= 0.6 is 11.3 Å². The van der Waals surface area contributed by atoms with Crippen LogP contribution in [0.2, 0.25) is 0 Å². The average molecular weight is 450 g/mol. The largest absolute Gasteiger partial charge is 0.573 e. The number of carbonyl (C=O) groups is 1. The molecule has 0 aliphatic carbocycles. The maximum atomic E-state index is 12.6. The molecule has 29 heavy (non-hydrogen) atoms. The number of rotatable bonds is 6. The van der Waals surface area contributed by atoms with Gasteiger partial charge in [0.2, 0.25) is 0 Å². The van der Waals surface area contributed by atoms with E-state index >= 15 is 0 Å². The Labute approximate surface area is 169 Å². The highest BCUT2D eigenvalue weighted by atomic mass is 32.2. The molecule has 0 atom stereocenters. The number of sulfonamides is 1. The second-order valence-electron chi connectivity index (χ2n) is 5.99. The number of ether oxygens (including phenoxy) is 2. The first-order chi connectivity index (χ1) is 13.6. The number of thiophene rings is 1. The van der Waals surface area contributed by atoms with Crippen molar-refractivity contribution in [2.24, 2.45) is 0 Å². The van der Waals surface area contributed by atoms with Gasteiger partial charge in [0, 0.05) is 23.5 Å². The van der Waals surface area contributed by atoms with E-state index in [1.807, 2.05) is 0 Å². The van der Waals surface area contributed by atoms with Crippen molar-refractivity contribution in [2.75, 3.05) is 26.3 Å². The molecule has 0 radical (unpaired) electrons. The summed E-state index contributed by atoms with van der Waals surface area (Å²) in [7, 11) is -3.60. The third kappa shape index (κ3) is 5.69. The zero-order chi connectivity index (χ0) is 21.1. The summed E-state index contributed by atoms with van der Waals surface area (Å²) < 4.78 is 72.1. The van der Waals surface area contributed by atoms with E-state index in [1.165, 1.54) is 22.5 Å². The predicted molar refractivity (Wildman–Crippen MR) is 98.2 cm³/mol. The van der Waals surface area contributed by atoms with Crippen LogP contribution in [0.5, 0.6) is 5.75 Å². The van der Waals surface area contributed by atoms with Crippen molar-refractivity contribution in [1.29, 1.82) is 0 Å². The Hall–Kier alpha value is -2.15. The fourth-order valence-corrected chi connectivity index (χ4v) is 5.44. The molecule has 2 aromatic rings. The fraction of sp³-hybridized carbons (Fsp3) is 0.353. The van der Waals surface area contributed by atoms with Crippen molar-refractivity contribution in [3.05, 3.63) is 46.8 Å². The molecule has 12 heteroatoms. The Balaban J connectivity index is 1.58. The quantitative estimate of drug-likeness (QED) is 0.732. The second-order valence-corrected chi connectivity index (χ2v) is 9.33. The van der Waals surface area contributed by atoms with Crippen LogP contribution < -0.4 is 10.1 Å². The van der Waals surface area contributed by atoms with Crippen molar-refractivity contribution in [1.82, 2.24) is 9.62 Å². The number of benzene rings is 1. The number of hydrogen-bond donors (Lipinski definition) is 1. The van der Waals surface area contributed by atoms with Crippen LogP contribution in [-0.4, -0.2) is 51.3 Å². The Morgan fingerprint density at radius 2 is 1.79 bits per heavy atom. The summed E-state index contributed by atoms with van der Waals surface area (Å²) in [6, 6.07) is 7.60. The van der Waals surface area contributed by atoms with Gasteiger partial charge >= 0.3 is 6.36 Å². The maximum absolute atomic E-state index is 12.6. The zero-order valence-electron chi connectivity index (χ0n) is 14.9. The van der Waals surface area contributed by atoms with Gasteiger partial charge in [-0.15, -0.1) is 24.5 Å². The van der Waals surface area contributed by atoms with Gasteiger partial charge in [-0.1, -0.05) is 0 Å². The lowest BCUT2D eigenvalue weighted by Gasteiger charge is -2.25. The molecule has 2 heterocycles. The monoisotopic (exact) mass is 450 g/mol. The first kappa shape index (κ1) is 21.6. The Kier molecular flexibility index (Phi) is 6.46. The molecular weight excluding hydrogens is 433 g/mol. The molecule has 1 fully saturated rings. The molecule has 0 spiro atoms. The van der Waals surface area contributed by atoms with Crippen molar-refractivity contribution < 1.29 is 35.9 Å². The van der Waals surface area contributed by atoms with Crippen LogP contribution in [0, 0.1) is 0 Å². The predicted octanol–water partition coefficient (Wildman–Crippen LogP) is 2.60. The number of nitrogens with one attached hydrogen (secondary N) is 1. The number of amides is 1. The van der Waals surface area contributed by atoms with Crippen LogP contribution in [0.1, 0.15) is 15.2 Å². The number of nitrogens with zero attached hydrogens (tertiary/aromatic N) is 1. The van der Waals surface area contributed by atoms with Crippen molar-refractivity contribution in [3.63, 3.8) is 0 Å². The molecular formula is C17H17F3N2O5S2. The lowest BCUT2D eigenvalue weighted by Crippen LogP contribution is -2.40. The van der Waals surface area contributed by atoms with Gasteiger partial charge in [0.1, 0.15) is 9.96 Å². The molecule has 1 aromatic carbocycles. The van der Waals surface area contributed by atoms with Crippen LogP contribution in [0.25, 0.3) is 0 Å². The first-order valence-electron chi connectivity index (χ1n) is 8.46. The summed E-state index contributed by atoms with van der Waals surface area (Å²) in [6.07, 6.45) is -4.80. The lowest BCUT2D eigenvalue weighted by molar-refractivity contribution is -0.274. The molecule has 0 bridgehead atoms. The van der Waals surface area contributed by atoms with Crippen LogP contribution in [0.15, 0.2) is 40.6 Å². The van der Waals surface area contributed by atoms with Gasteiger partial charge < -0.3 is 14.8 Å². The van der Waals surface area contributed by atoms with Crippen LogP contribution in [-0.2, 0) is 21.3 Å². The minimum absolute atomic E-state index is 0.0862. The Morgan fingerprint density at radius 3 is 2.41 bits per heavy atom. The normalized spacial score (nSPS) is 15.8. The molecule has 1 saturated heterocycles. The number of carbonyl (C=O) groups excluding carboxylic acids is 1. The highest BCUT2D eigenvalue weighted by Gasteiger charge is 2.31. The molecule has 1 aromatic heterocycles. The van der Waals surface area contributed by atoms with Crippen molar-refractivity contribution in [2.45, 2.75) is 17.1 Å². The zero-order valence-corrected chi connectivity index (χ0v) is 16.6. The molecule has 1 N–H and O–H groups in total. The van der Waals surface area contributed by atoms with Gasteiger partial charge in [-0.2, -0.15) is 4.31 Å². The Morgan fingerprint density at radius 1 is 1.14 bits per heavy atom. The van der Waals surface area contributed by atoms with E-state index in [1.54, 1.807) is 6.07 Å². The van der Waals surface area contributed by atoms with E-state index < -0.39 is 28.0 Å². The van der Waals surface area contributed by atoms with Gasteiger partial charge in [-0.3, -0.25) is 4.79 Å². The topological polar surface area (TPSA) is 84.9 Å². The smallest absolute Gasteiger partial charge is 0.406 e. The fourth-order valence-electron chi connectivity index (χ4n) is 2.58. The summed E-state index contributed by atoms with van der Waals surface area (Å²) >= 11 is 1.05. The lowest BCUT2D eigenvalue weighted by atomic mass is 10.2. The summed E-state index contributed by atoms with van der Waals surface area (Å²) in [5.74, 6) is -0.931. The molecule has 1 aliphatic rings. The number of alkyl halides is 3. The summed E-state index contributed by atoms with van der Waals surface area (Å²) in [5, 5.41) is 2.61. The standard InChI is InChI=1S/C17H17F3N2O5S2/c18-17(19,20)27-13-3-1-12(2-4-13)16(23)21-11-14-5-6-15(28-14)29(24,25)22-7-9-26-10-8-22/h1-6H,7-11H2,(H,21,23). The van der Waals surface area contributed by atoms with E-state index in [2.05, 4.69) is 10.1 Å². The van der Waals surface area contributed by atoms with Gasteiger partial charge in [0.25, 0.3) is 15.9 Å². The summed E-state index contributed by atoms with van der Waals surface area (Å²) in [5.41, 5.74) is 0.150. The number of hydrogen-bond acceptors (Lipinski definition) is 6. The first-order valence-corrected chi connectivity index (χ1v) is 10.7. The van der Waals surface area contributed by atoms with Gasteiger partial charge in [-0.25, -0.2) is 8.42 Å². The third-order valence-electron chi connectivity index (χ3n) is 3.97. The maximum Gasteiger partial charge on any atom is 0.573 e. The van der Waals surface area contributed by atoms with E-state index in [-0.39, 0.29) is 16.3 Å². The van der Waals surface area contributed by atoms with Gasteiger partial charge in [-0.05, 0) is 36.4 Å². The van der Waals surface area contributed by atoms with Crippen LogP contribution in [0.4, 0.5) is 13.2 Å². The Bertz CT molecular complexity index is 952. The van der Waals surface area contributed by atoms with Gasteiger partial charge in [0.05, 0.1) is 19.8 Å². The van der Waals surface area contributed by atoms with E-state index in [0.717, 1.165) is 23.5 Å². The molecule has 0 saturated carbocycles. The van der Waals surface area contributed by atoms with E-state index in [9.17, 15) is 26.4 Å². The molecule has 1 amide bonds. The highest BCUT2D eigenvalue weighted by Crippen LogP contribution is 2.26.